The summed E-state index contributed by atoms with van der Waals surface area (Å²) in [5, 5.41) is 7.25. The van der Waals surface area contributed by atoms with Gasteiger partial charge in [0.25, 0.3) is 5.91 Å². The number of aromatic nitrogens is 2. The molecule has 3 aromatic rings. The number of rotatable bonds is 7. The van der Waals surface area contributed by atoms with Crippen molar-refractivity contribution in [3.8, 4) is 5.69 Å². The molecule has 0 radical (unpaired) electrons. The first-order chi connectivity index (χ1) is 14.5. The minimum Gasteiger partial charge on any atom is -0.462 e. The van der Waals surface area contributed by atoms with Crippen LogP contribution in [0.2, 0.25) is 5.02 Å². The Morgan fingerprint density at radius 1 is 1.13 bits per heavy atom. The van der Waals surface area contributed by atoms with Crippen molar-refractivity contribution in [2.24, 2.45) is 0 Å². The lowest BCUT2D eigenvalue weighted by molar-refractivity contribution is 0.0499. The third-order valence-corrected chi connectivity index (χ3v) is 4.44. The summed E-state index contributed by atoms with van der Waals surface area (Å²) >= 11 is 5.99. The number of esters is 1. The molecule has 1 aromatic heterocycles. The minimum absolute atomic E-state index is 0.263. The van der Waals surface area contributed by atoms with Gasteiger partial charge in [0.1, 0.15) is 0 Å². The standard InChI is InChI=1S/C22H20ClN3O4/c1-2-3-13-30-22(29)15-7-9-17(10-8-15)24-21(28)20-19(27)11-12-26(25-20)18-6-4-5-16(23)14-18/h4-12,14H,2-3,13H2,1H3,(H,24,28). The number of unbranched alkanes of at least 4 members (excludes halogenated alkanes) is 1. The molecule has 2 aromatic carbocycles. The fourth-order valence-electron chi connectivity index (χ4n) is 2.60. The van der Waals surface area contributed by atoms with Crippen LogP contribution >= 0.6 is 11.6 Å². The maximum Gasteiger partial charge on any atom is 0.338 e. The van der Waals surface area contributed by atoms with Crippen molar-refractivity contribution in [3.05, 3.63) is 87.3 Å². The highest BCUT2D eigenvalue weighted by Crippen LogP contribution is 2.14. The largest absolute Gasteiger partial charge is 0.462 e. The lowest BCUT2D eigenvalue weighted by Gasteiger charge is -2.09. The zero-order valence-electron chi connectivity index (χ0n) is 16.3. The average Bonchev–Trinajstić information content (AvgIpc) is 2.74. The van der Waals surface area contributed by atoms with E-state index in [4.69, 9.17) is 16.3 Å². The Morgan fingerprint density at radius 3 is 2.60 bits per heavy atom. The summed E-state index contributed by atoms with van der Waals surface area (Å²) in [4.78, 5) is 36.7. The van der Waals surface area contributed by atoms with E-state index in [1.54, 1.807) is 48.5 Å². The monoisotopic (exact) mass is 425 g/mol. The number of anilines is 1. The van der Waals surface area contributed by atoms with Crippen molar-refractivity contribution >= 4 is 29.2 Å². The minimum atomic E-state index is -0.658. The van der Waals surface area contributed by atoms with E-state index in [1.165, 1.54) is 16.9 Å². The first-order valence-corrected chi connectivity index (χ1v) is 9.80. The number of hydrogen-bond donors (Lipinski definition) is 1. The van der Waals surface area contributed by atoms with E-state index in [1.807, 2.05) is 6.92 Å². The first kappa shape index (κ1) is 21.3. The number of amides is 1. The number of nitrogens with one attached hydrogen (secondary N) is 1. The summed E-state index contributed by atoms with van der Waals surface area (Å²) in [7, 11) is 0. The van der Waals surface area contributed by atoms with E-state index in [2.05, 4.69) is 10.4 Å². The highest BCUT2D eigenvalue weighted by molar-refractivity contribution is 6.30. The molecule has 0 atom stereocenters. The number of ether oxygens (including phenoxy) is 1. The Balaban J connectivity index is 1.74. The van der Waals surface area contributed by atoms with Crippen molar-refractivity contribution in [1.82, 2.24) is 9.78 Å². The van der Waals surface area contributed by atoms with Crippen LogP contribution in [0.15, 0.2) is 65.6 Å². The van der Waals surface area contributed by atoms with Crippen molar-refractivity contribution < 1.29 is 14.3 Å². The smallest absolute Gasteiger partial charge is 0.338 e. The van der Waals surface area contributed by atoms with Gasteiger partial charge in [-0.05, 0) is 48.9 Å². The van der Waals surface area contributed by atoms with Crippen LogP contribution in [0.5, 0.6) is 0 Å². The molecule has 154 valence electrons. The van der Waals surface area contributed by atoms with Crippen LogP contribution in [0.4, 0.5) is 5.69 Å². The van der Waals surface area contributed by atoms with Crippen LogP contribution in [-0.2, 0) is 4.74 Å². The Bertz CT molecular complexity index is 1110. The second-order valence-electron chi connectivity index (χ2n) is 6.47. The Labute approximate surface area is 178 Å². The van der Waals surface area contributed by atoms with Crippen molar-refractivity contribution in [3.63, 3.8) is 0 Å². The number of hydrogen-bond acceptors (Lipinski definition) is 5. The summed E-state index contributed by atoms with van der Waals surface area (Å²) in [5.74, 6) is -1.08. The number of nitrogens with zero attached hydrogens (tertiary/aromatic N) is 2. The fourth-order valence-corrected chi connectivity index (χ4v) is 2.78. The predicted molar refractivity (Wildman–Crippen MR) is 114 cm³/mol. The molecule has 0 aliphatic carbocycles. The summed E-state index contributed by atoms with van der Waals surface area (Å²) in [6.45, 7) is 2.38. The molecule has 0 unspecified atom stereocenters. The van der Waals surface area contributed by atoms with Crippen molar-refractivity contribution in [2.45, 2.75) is 19.8 Å². The molecule has 3 rings (SSSR count). The topological polar surface area (TPSA) is 90.3 Å². The molecule has 8 heteroatoms. The van der Waals surface area contributed by atoms with Crippen molar-refractivity contribution in [2.75, 3.05) is 11.9 Å². The van der Waals surface area contributed by atoms with Gasteiger partial charge in [-0.2, -0.15) is 5.10 Å². The summed E-state index contributed by atoms with van der Waals surface area (Å²) in [5.41, 5.74) is 0.639. The van der Waals surface area contributed by atoms with E-state index in [-0.39, 0.29) is 5.69 Å². The van der Waals surface area contributed by atoms with Crippen LogP contribution in [0.25, 0.3) is 5.69 Å². The molecule has 1 heterocycles. The summed E-state index contributed by atoms with van der Waals surface area (Å²) in [6.07, 6.45) is 3.20. The molecule has 0 spiro atoms. The lowest BCUT2D eigenvalue weighted by Crippen LogP contribution is -2.25. The van der Waals surface area contributed by atoms with E-state index in [9.17, 15) is 14.4 Å². The molecular formula is C22H20ClN3O4. The van der Waals surface area contributed by atoms with Crippen LogP contribution < -0.4 is 10.7 Å². The van der Waals surface area contributed by atoms with Crippen molar-refractivity contribution in [1.29, 1.82) is 0 Å². The molecule has 0 fully saturated rings. The zero-order chi connectivity index (χ0) is 21.5. The van der Waals surface area contributed by atoms with Gasteiger partial charge in [-0.1, -0.05) is 31.0 Å². The predicted octanol–water partition coefficient (Wildman–Crippen LogP) is 4.10. The molecule has 0 bridgehead atoms. The Hall–Kier alpha value is -3.45. The molecule has 0 saturated heterocycles. The zero-order valence-corrected chi connectivity index (χ0v) is 17.1. The van der Waals surface area contributed by atoms with E-state index in [0.29, 0.717) is 28.6 Å². The molecule has 1 N–H and O–H groups in total. The number of halogens is 1. The SMILES string of the molecule is CCCCOC(=O)c1ccc(NC(=O)c2nn(-c3cccc(Cl)c3)ccc2=O)cc1. The van der Waals surface area contributed by atoms with Gasteiger partial charge in [-0.25, -0.2) is 9.48 Å². The van der Waals surface area contributed by atoms with Gasteiger partial charge in [-0.15, -0.1) is 0 Å². The molecular weight excluding hydrogens is 406 g/mol. The van der Waals surface area contributed by atoms with Gasteiger partial charge >= 0.3 is 5.97 Å². The molecule has 1 amide bonds. The Morgan fingerprint density at radius 2 is 1.90 bits per heavy atom. The van der Waals surface area contributed by atoms with Crippen LogP contribution in [0.3, 0.4) is 0 Å². The first-order valence-electron chi connectivity index (χ1n) is 9.42. The summed E-state index contributed by atoms with van der Waals surface area (Å²) < 4.78 is 6.55. The lowest BCUT2D eigenvalue weighted by atomic mass is 10.2. The van der Waals surface area contributed by atoms with E-state index < -0.39 is 17.3 Å². The molecule has 7 nitrogen and oxygen atoms in total. The third kappa shape index (κ3) is 5.33. The van der Waals surface area contributed by atoms with Crippen LogP contribution in [0.1, 0.15) is 40.6 Å². The highest BCUT2D eigenvalue weighted by atomic mass is 35.5. The second-order valence-corrected chi connectivity index (χ2v) is 6.91. The van der Waals surface area contributed by atoms with E-state index in [0.717, 1.165) is 12.8 Å². The maximum atomic E-state index is 12.6. The summed E-state index contributed by atoms with van der Waals surface area (Å²) in [6, 6.07) is 14.4. The normalized spacial score (nSPS) is 10.5. The Kier molecular flexibility index (Phi) is 6.98. The van der Waals surface area contributed by atoms with Gasteiger partial charge in [0.05, 0.1) is 17.9 Å². The molecule has 0 aliphatic heterocycles. The van der Waals surface area contributed by atoms with Gasteiger partial charge in [0.15, 0.2) is 5.69 Å². The van der Waals surface area contributed by atoms with Gasteiger partial charge in [0.2, 0.25) is 5.43 Å². The molecule has 0 saturated carbocycles. The number of carbonyl (C=O) groups excluding carboxylic acids is 2. The van der Waals surface area contributed by atoms with Crippen LogP contribution in [-0.4, -0.2) is 28.3 Å². The average molecular weight is 426 g/mol. The van der Waals surface area contributed by atoms with Crippen LogP contribution in [0, 0.1) is 0 Å². The fraction of sp³-hybridized carbons (Fsp3) is 0.182. The van der Waals surface area contributed by atoms with Gasteiger partial charge in [-0.3, -0.25) is 9.59 Å². The maximum absolute atomic E-state index is 12.6. The second kappa shape index (κ2) is 9.84. The quantitative estimate of drug-likeness (QED) is 0.454. The number of benzene rings is 2. The third-order valence-electron chi connectivity index (χ3n) is 4.21. The highest BCUT2D eigenvalue weighted by Gasteiger charge is 2.14. The molecule has 30 heavy (non-hydrogen) atoms. The molecule has 0 aliphatic rings. The van der Waals surface area contributed by atoms with Gasteiger partial charge in [0, 0.05) is 23.0 Å². The van der Waals surface area contributed by atoms with Gasteiger partial charge < -0.3 is 10.1 Å². The number of carbonyl (C=O) groups is 2. The van der Waals surface area contributed by atoms with E-state index >= 15 is 0 Å².